The maximum Gasteiger partial charge on any atom is 0.275 e. The quantitative estimate of drug-likeness (QED) is 0.320. The Morgan fingerprint density at radius 3 is 1.67 bits per heavy atom. The maximum absolute atomic E-state index is 13.8. The molecule has 5 rings (SSSR count). The molecule has 182 valence electrons. The van der Waals surface area contributed by atoms with Crippen LogP contribution in [-0.2, 0) is 0 Å². The molecule has 0 radical (unpaired) electrons. The van der Waals surface area contributed by atoms with E-state index in [1.807, 2.05) is 36.4 Å². The highest BCUT2D eigenvalue weighted by Crippen LogP contribution is 2.37. The summed E-state index contributed by atoms with van der Waals surface area (Å²) in [4.78, 5) is 39.3. The van der Waals surface area contributed by atoms with E-state index in [1.54, 1.807) is 56.3 Å². The number of nitro groups is 1. The average molecular weight is 484 g/mol. The maximum atomic E-state index is 13.8. The summed E-state index contributed by atoms with van der Waals surface area (Å²) in [6, 6.07) is 17.1. The number of nitrogens with zero attached hydrogens (tertiary/aromatic N) is 3. The third kappa shape index (κ3) is 3.84. The van der Waals surface area contributed by atoms with Crippen molar-refractivity contribution in [1.29, 1.82) is 0 Å². The molecule has 2 N–H and O–H groups in total. The van der Waals surface area contributed by atoms with E-state index in [0.717, 1.165) is 0 Å². The molecular weight excluding hydrogens is 458 g/mol. The minimum absolute atomic E-state index is 0.329. The molecule has 2 aromatic carbocycles. The molecule has 2 atom stereocenters. The second-order valence-electron chi connectivity index (χ2n) is 8.85. The van der Waals surface area contributed by atoms with Crippen molar-refractivity contribution >= 4 is 0 Å². The van der Waals surface area contributed by atoms with Gasteiger partial charge in [0.25, 0.3) is 11.1 Å². The van der Waals surface area contributed by atoms with E-state index in [9.17, 15) is 19.7 Å². The summed E-state index contributed by atoms with van der Waals surface area (Å²) in [5, 5.41) is 18.3. The van der Waals surface area contributed by atoms with E-state index < -0.39 is 17.9 Å². The lowest BCUT2D eigenvalue weighted by atomic mass is 9.75. The van der Waals surface area contributed by atoms with Crippen molar-refractivity contribution in [2.45, 2.75) is 25.8 Å². The van der Waals surface area contributed by atoms with Crippen molar-refractivity contribution in [3.63, 3.8) is 0 Å². The summed E-state index contributed by atoms with van der Waals surface area (Å²) in [6.07, 6.45) is 6.58. The van der Waals surface area contributed by atoms with Gasteiger partial charge in [-0.2, -0.15) is 0 Å². The number of allylic oxidation sites excluding steroid dienone is 2. The first kappa shape index (κ1) is 23.1. The first-order valence-corrected chi connectivity index (χ1v) is 11.6. The summed E-state index contributed by atoms with van der Waals surface area (Å²) in [7, 11) is 0. The van der Waals surface area contributed by atoms with Crippen LogP contribution in [0.25, 0.3) is 11.4 Å². The van der Waals surface area contributed by atoms with Crippen LogP contribution in [0.15, 0.2) is 94.6 Å². The second kappa shape index (κ2) is 9.18. The van der Waals surface area contributed by atoms with Gasteiger partial charge in [-0.25, -0.2) is 9.36 Å². The lowest BCUT2D eigenvalue weighted by Gasteiger charge is -2.26. The Morgan fingerprint density at radius 2 is 1.22 bits per heavy atom. The summed E-state index contributed by atoms with van der Waals surface area (Å²) in [5.74, 6) is -1.60. The van der Waals surface area contributed by atoms with E-state index in [-0.39, 0.29) is 16.0 Å². The average Bonchev–Trinajstić information content (AvgIpc) is 3.36. The zero-order valence-corrected chi connectivity index (χ0v) is 19.8. The van der Waals surface area contributed by atoms with Gasteiger partial charge in [-0.1, -0.05) is 54.6 Å². The van der Waals surface area contributed by atoms with Crippen LogP contribution in [0, 0.1) is 29.9 Å². The van der Waals surface area contributed by atoms with Crippen LogP contribution in [-0.4, -0.2) is 30.5 Å². The predicted octanol–water partition coefficient (Wildman–Crippen LogP) is 3.78. The molecule has 0 fully saturated rings. The number of H-pyrrole nitrogens is 2. The summed E-state index contributed by atoms with van der Waals surface area (Å²) in [6.45, 7) is 3.51. The van der Waals surface area contributed by atoms with E-state index in [4.69, 9.17) is 0 Å². The Hall–Kier alpha value is -4.66. The van der Waals surface area contributed by atoms with Crippen LogP contribution in [0.3, 0.4) is 0 Å². The van der Waals surface area contributed by atoms with Crippen molar-refractivity contribution in [1.82, 2.24) is 19.6 Å². The number of aryl methyl sites for hydroxylation is 2. The van der Waals surface area contributed by atoms with Crippen molar-refractivity contribution in [3.05, 3.63) is 138 Å². The molecule has 2 aromatic heterocycles. The number of para-hydroxylation sites is 2. The highest BCUT2D eigenvalue weighted by atomic mass is 16.6. The van der Waals surface area contributed by atoms with Crippen molar-refractivity contribution in [2.75, 3.05) is 0 Å². The predicted molar refractivity (Wildman–Crippen MR) is 137 cm³/mol. The fraction of sp³-hybridized carbons (Fsp3) is 0.185. The van der Waals surface area contributed by atoms with Crippen LogP contribution in [0.5, 0.6) is 0 Å². The lowest BCUT2D eigenvalue weighted by molar-refractivity contribution is -0.517. The first-order chi connectivity index (χ1) is 17.4. The number of hydrogen-bond acceptors (Lipinski definition) is 4. The fourth-order valence-electron chi connectivity index (χ4n) is 5.03. The minimum Gasteiger partial charge on any atom is -0.295 e. The molecule has 0 spiro atoms. The molecular formula is C27H25N5O4. The molecule has 0 saturated carbocycles. The number of benzene rings is 2. The topological polar surface area (TPSA) is 119 Å². The third-order valence-corrected chi connectivity index (χ3v) is 6.66. The lowest BCUT2D eigenvalue weighted by Crippen LogP contribution is -2.36. The number of aromatic amines is 2. The van der Waals surface area contributed by atoms with Crippen LogP contribution in [0.4, 0.5) is 0 Å². The normalized spacial score (nSPS) is 17.1. The second-order valence-corrected chi connectivity index (χ2v) is 8.85. The van der Waals surface area contributed by atoms with Gasteiger partial charge in [0.05, 0.1) is 17.3 Å². The molecule has 0 bridgehead atoms. The summed E-state index contributed by atoms with van der Waals surface area (Å²) >= 11 is 0. The van der Waals surface area contributed by atoms with Crippen LogP contribution in [0.1, 0.15) is 28.4 Å². The van der Waals surface area contributed by atoms with E-state index in [0.29, 0.717) is 33.9 Å². The molecule has 1 aliphatic rings. The van der Waals surface area contributed by atoms with E-state index >= 15 is 0 Å². The summed E-state index contributed by atoms with van der Waals surface area (Å²) in [5.41, 5.74) is 2.32. The van der Waals surface area contributed by atoms with Gasteiger partial charge in [0, 0.05) is 33.4 Å². The number of rotatable bonds is 6. The van der Waals surface area contributed by atoms with Crippen LogP contribution in [0.2, 0.25) is 0 Å². The zero-order chi connectivity index (χ0) is 25.4. The number of aromatic nitrogens is 4. The Kier molecular flexibility index (Phi) is 5.89. The Bertz CT molecular complexity index is 1490. The molecule has 9 nitrogen and oxygen atoms in total. The molecule has 9 heteroatoms. The van der Waals surface area contributed by atoms with Gasteiger partial charge in [-0.05, 0) is 44.2 Å². The van der Waals surface area contributed by atoms with E-state index in [2.05, 4.69) is 10.2 Å². The molecule has 0 saturated heterocycles. The van der Waals surface area contributed by atoms with Gasteiger partial charge in [0.2, 0.25) is 6.04 Å². The largest absolute Gasteiger partial charge is 0.295 e. The number of hydrogen-bond donors (Lipinski definition) is 2. The van der Waals surface area contributed by atoms with Gasteiger partial charge >= 0.3 is 0 Å². The SMILES string of the molecule is Cc1[nH]n(-c2ccccc2)c(=O)c1C(c1c(C)[nH]n(-c2ccccc2)c1=O)[C@@H]1C=CC=C[C@H]1[N+](=O)[O-]. The molecule has 36 heavy (non-hydrogen) atoms. The standard InChI is InChI=1S/C27H25N5O4/c1-17-23(26(33)30(28-17)19-11-5-3-6-12-19)25(21-15-9-10-16-22(21)32(35)36)24-18(2)29-31(27(24)34)20-13-7-4-8-14-20/h3-16,21-22,25,28-29H,1-2H3/t21-,22-/m1/s1. The van der Waals surface area contributed by atoms with Gasteiger partial charge in [0.1, 0.15) is 0 Å². The molecule has 0 amide bonds. The Morgan fingerprint density at radius 1 is 0.778 bits per heavy atom. The fourth-order valence-corrected chi connectivity index (χ4v) is 5.03. The highest BCUT2D eigenvalue weighted by molar-refractivity contribution is 5.43. The van der Waals surface area contributed by atoms with Crippen LogP contribution >= 0.6 is 0 Å². The monoisotopic (exact) mass is 483 g/mol. The van der Waals surface area contributed by atoms with Crippen molar-refractivity contribution < 1.29 is 4.92 Å². The van der Waals surface area contributed by atoms with Gasteiger partial charge in [-0.3, -0.25) is 29.9 Å². The van der Waals surface area contributed by atoms with Crippen LogP contribution < -0.4 is 11.1 Å². The Balaban J connectivity index is 1.77. The van der Waals surface area contributed by atoms with Gasteiger partial charge in [-0.15, -0.1) is 0 Å². The molecule has 1 aliphatic carbocycles. The molecule has 4 aromatic rings. The Labute approximate surface area is 206 Å². The smallest absolute Gasteiger partial charge is 0.275 e. The van der Waals surface area contributed by atoms with Crippen molar-refractivity contribution in [3.8, 4) is 11.4 Å². The summed E-state index contributed by atoms with van der Waals surface area (Å²) < 4.78 is 2.83. The van der Waals surface area contributed by atoms with Gasteiger partial charge < -0.3 is 0 Å². The molecule has 2 heterocycles. The molecule has 0 aliphatic heterocycles. The minimum atomic E-state index is -1.10. The molecule has 0 unspecified atom stereocenters. The first-order valence-electron chi connectivity index (χ1n) is 11.6. The zero-order valence-electron chi connectivity index (χ0n) is 19.8. The van der Waals surface area contributed by atoms with Crippen molar-refractivity contribution in [2.24, 2.45) is 5.92 Å². The van der Waals surface area contributed by atoms with E-state index in [1.165, 1.54) is 15.4 Å². The number of nitrogens with one attached hydrogen (secondary N) is 2. The van der Waals surface area contributed by atoms with Gasteiger partial charge in [0.15, 0.2) is 0 Å². The highest BCUT2D eigenvalue weighted by Gasteiger charge is 2.42. The third-order valence-electron chi connectivity index (χ3n) is 6.66.